The van der Waals surface area contributed by atoms with Crippen molar-refractivity contribution in [1.82, 2.24) is 19.8 Å². The molecule has 24 heavy (non-hydrogen) atoms. The van der Waals surface area contributed by atoms with Gasteiger partial charge in [-0.15, -0.1) is 0 Å². The Kier molecular flexibility index (Phi) is 4.69. The standard InChI is InChI=1S/C16H24FN5O2/c1-20(2)14(23)9-24-8-12-4-16(21(3)7-12)10-22(11-16)15-18-5-13(17)6-19-15/h5-6,12H,4,7-11H2,1-3H3/t12-/m0/s1. The number of rotatable bonds is 5. The minimum atomic E-state index is -0.420. The second kappa shape index (κ2) is 6.60. The van der Waals surface area contributed by atoms with Crippen LogP contribution in [0, 0.1) is 11.7 Å². The SMILES string of the molecule is CN(C)C(=O)COC[C@@H]1CN(C)C2(C1)CN(c1ncc(F)cn1)C2. The van der Waals surface area contributed by atoms with Gasteiger partial charge in [-0.05, 0) is 19.4 Å². The molecule has 2 saturated heterocycles. The third-order valence-electron chi connectivity index (χ3n) is 4.95. The Morgan fingerprint density at radius 1 is 1.42 bits per heavy atom. The maximum Gasteiger partial charge on any atom is 0.248 e. The highest BCUT2D eigenvalue weighted by Crippen LogP contribution is 2.40. The highest BCUT2D eigenvalue weighted by molar-refractivity contribution is 5.76. The smallest absolute Gasteiger partial charge is 0.248 e. The van der Waals surface area contributed by atoms with Gasteiger partial charge in [0.25, 0.3) is 0 Å². The third kappa shape index (κ3) is 3.34. The second-order valence-electron chi connectivity index (χ2n) is 7.04. The van der Waals surface area contributed by atoms with Gasteiger partial charge in [0.15, 0.2) is 5.82 Å². The van der Waals surface area contributed by atoms with Gasteiger partial charge < -0.3 is 14.5 Å². The van der Waals surface area contributed by atoms with E-state index in [4.69, 9.17) is 4.74 Å². The van der Waals surface area contributed by atoms with E-state index < -0.39 is 5.82 Å². The predicted octanol–water partition coefficient (Wildman–Crippen LogP) is 0.231. The first-order valence-electron chi connectivity index (χ1n) is 8.11. The number of amides is 1. The van der Waals surface area contributed by atoms with Crippen LogP contribution in [0.2, 0.25) is 0 Å². The van der Waals surface area contributed by atoms with Crippen molar-refractivity contribution >= 4 is 11.9 Å². The zero-order chi connectivity index (χ0) is 17.3. The minimum Gasteiger partial charge on any atom is -0.371 e. The number of halogens is 1. The summed E-state index contributed by atoms with van der Waals surface area (Å²) in [5.74, 6) is 0.559. The van der Waals surface area contributed by atoms with Gasteiger partial charge in [0, 0.05) is 33.7 Å². The van der Waals surface area contributed by atoms with Crippen LogP contribution in [0.4, 0.5) is 10.3 Å². The van der Waals surface area contributed by atoms with E-state index >= 15 is 0 Å². The van der Waals surface area contributed by atoms with Gasteiger partial charge in [0.05, 0.1) is 24.5 Å². The second-order valence-corrected chi connectivity index (χ2v) is 7.04. The van der Waals surface area contributed by atoms with Crippen molar-refractivity contribution in [2.75, 3.05) is 58.9 Å². The molecule has 132 valence electrons. The Hall–Kier alpha value is -1.80. The van der Waals surface area contributed by atoms with Gasteiger partial charge in [0.1, 0.15) is 6.61 Å². The van der Waals surface area contributed by atoms with Crippen molar-refractivity contribution in [2.45, 2.75) is 12.0 Å². The summed E-state index contributed by atoms with van der Waals surface area (Å²) in [6.07, 6.45) is 3.42. The van der Waals surface area contributed by atoms with Gasteiger partial charge in [-0.25, -0.2) is 14.4 Å². The number of likely N-dealkylation sites (N-methyl/N-ethyl adjacent to an activating group) is 2. The number of carbonyl (C=O) groups is 1. The van der Waals surface area contributed by atoms with Crippen molar-refractivity contribution in [3.8, 4) is 0 Å². The lowest BCUT2D eigenvalue weighted by molar-refractivity contribution is -0.133. The Morgan fingerprint density at radius 3 is 2.71 bits per heavy atom. The molecule has 2 fully saturated rings. The Labute approximate surface area is 141 Å². The third-order valence-corrected chi connectivity index (χ3v) is 4.95. The van der Waals surface area contributed by atoms with Crippen LogP contribution in [0.3, 0.4) is 0 Å². The monoisotopic (exact) mass is 337 g/mol. The highest BCUT2D eigenvalue weighted by atomic mass is 19.1. The van der Waals surface area contributed by atoms with Crippen LogP contribution in [-0.4, -0.2) is 85.2 Å². The van der Waals surface area contributed by atoms with Crippen LogP contribution >= 0.6 is 0 Å². The van der Waals surface area contributed by atoms with Crippen molar-refractivity contribution in [2.24, 2.45) is 5.92 Å². The molecule has 1 amide bonds. The first-order valence-corrected chi connectivity index (χ1v) is 8.11. The zero-order valence-corrected chi connectivity index (χ0v) is 14.4. The van der Waals surface area contributed by atoms with Crippen LogP contribution in [0.1, 0.15) is 6.42 Å². The van der Waals surface area contributed by atoms with E-state index in [0.29, 0.717) is 18.5 Å². The Bertz CT molecular complexity index is 589. The molecule has 0 bridgehead atoms. The van der Waals surface area contributed by atoms with Gasteiger partial charge >= 0.3 is 0 Å². The number of anilines is 1. The summed E-state index contributed by atoms with van der Waals surface area (Å²) in [6, 6.07) is 0. The molecule has 1 aromatic rings. The summed E-state index contributed by atoms with van der Waals surface area (Å²) in [4.78, 5) is 25.6. The first-order chi connectivity index (χ1) is 11.4. The normalized spacial score (nSPS) is 22.7. The fraction of sp³-hybridized carbons (Fsp3) is 0.688. The average molecular weight is 337 g/mol. The van der Waals surface area contributed by atoms with Crippen LogP contribution < -0.4 is 4.90 Å². The van der Waals surface area contributed by atoms with Gasteiger partial charge in [-0.2, -0.15) is 0 Å². The van der Waals surface area contributed by atoms with Crippen LogP contribution in [0.15, 0.2) is 12.4 Å². The van der Waals surface area contributed by atoms with E-state index in [2.05, 4.69) is 26.8 Å². The molecule has 2 aliphatic heterocycles. The van der Waals surface area contributed by atoms with Crippen LogP contribution in [-0.2, 0) is 9.53 Å². The molecule has 2 aliphatic rings. The molecule has 3 heterocycles. The van der Waals surface area contributed by atoms with E-state index in [1.54, 1.807) is 14.1 Å². The van der Waals surface area contributed by atoms with E-state index in [0.717, 1.165) is 26.1 Å². The largest absolute Gasteiger partial charge is 0.371 e. The number of ether oxygens (including phenoxy) is 1. The summed E-state index contributed by atoms with van der Waals surface area (Å²) in [7, 11) is 5.57. The quantitative estimate of drug-likeness (QED) is 0.767. The van der Waals surface area contributed by atoms with Crippen molar-refractivity contribution in [3.63, 3.8) is 0 Å². The fourth-order valence-corrected chi connectivity index (χ4v) is 3.54. The Balaban J connectivity index is 1.48. The zero-order valence-electron chi connectivity index (χ0n) is 14.4. The summed E-state index contributed by atoms with van der Waals surface area (Å²) in [5, 5.41) is 0. The molecule has 8 heteroatoms. The molecule has 0 radical (unpaired) electrons. The van der Waals surface area contributed by atoms with Gasteiger partial charge in [-0.3, -0.25) is 9.69 Å². The lowest BCUT2D eigenvalue weighted by Crippen LogP contribution is -2.67. The molecular weight excluding hydrogens is 313 g/mol. The Morgan fingerprint density at radius 2 is 2.08 bits per heavy atom. The molecule has 1 aromatic heterocycles. The highest BCUT2D eigenvalue weighted by Gasteiger charge is 2.52. The van der Waals surface area contributed by atoms with E-state index in [1.165, 1.54) is 17.3 Å². The topological polar surface area (TPSA) is 61.8 Å². The molecule has 1 spiro atoms. The number of carbonyl (C=O) groups excluding carboxylic acids is 1. The summed E-state index contributed by atoms with van der Waals surface area (Å²) in [5.41, 5.74) is 0.108. The lowest BCUT2D eigenvalue weighted by Gasteiger charge is -2.51. The number of hydrogen-bond acceptors (Lipinski definition) is 6. The number of likely N-dealkylation sites (tertiary alicyclic amines) is 1. The van der Waals surface area contributed by atoms with Crippen molar-refractivity contribution in [3.05, 3.63) is 18.2 Å². The molecule has 0 aromatic carbocycles. The molecule has 0 aliphatic carbocycles. The predicted molar refractivity (Wildman–Crippen MR) is 87.2 cm³/mol. The van der Waals surface area contributed by atoms with E-state index in [-0.39, 0.29) is 18.1 Å². The summed E-state index contributed by atoms with van der Waals surface area (Å²) in [6.45, 7) is 3.35. The van der Waals surface area contributed by atoms with Crippen molar-refractivity contribution in [1.29, 1.82) is 0 Å². The molecule has 7 nitrogen and oxygen atoms in total. The maximum absolute atomic E-state index is 12.9. The minimum absolute atomic E-state index is 0.0145. The van der Waals surface area contributed by atoms with Gasteiger partial charge in [-0.1, -0.05) is 0 Å². The molecule has 0 saturated carbocycles. The van der Waals surface area contributed by atoms with E-state index in [9.17, 15) is 9.18 Å². The molecule has 1 atom stereocenters. The lowest BCUT2D eigenvalue weighted by atomic mass is 9.85. The first kappa shape index (κ1) is 17.0. The van der Waals surface area contributed by atoms with E-state index in [1.807, 2.05) is 0 Å². The van der Waals surface area contributed by atoms with Crippen LogP contribution in [0.5, 0.6) is 0 Å². The maximum atomic E-state index is 12.9. The average Bonchev–Trinajstić information content (AvgIpc) is 2.83. The van der Waals surface area contributed by atoms with Crippen LogP contribution in [0.25, 0.3) is 0 Å². The molecule has 0 N–H and O–H groups in total. The van der Waals surface area contributed by atoms with Gasteiger partial charge in [0.2, 0.25) is 11.9 Å². The molecule has 3 rings (SSSR count). The molecular formula is C16H24FN5O2. The number of aromatic nitrogens is 2. The van der Waals surface area contributed by atoms with Crippen molar-refractivity contribution < 1.29 is 13.9 Å². The number of nitrogens with zero attached hydrogens (tertiary/aromatic N) is 5. The summed E-state index contributed by atoms with van der Waals surface area (Å²) < 4.78 is 18.5. The number of hydrogen-bond donors (Lipinski definition) is 0. The fourth-order valence-electron chi connectivity index (χ4n) is 3.54. The summed E-state index contributed by atoms with van der Waals surface area (Å²) >= 11 is 0. The molecule has 0 unspecified atom stereocenters.